The third kappa shape index (κ3) is 3.03. The zero-order valence-electron chi connectivity index (χ0n) is 9.68. The van der Waals surface area contributed by atoms with E-state index < -0.39 is 10.0 Å². The average molecular weight is 292 g/mol. The standard InChI is InChI=1S/C10H16N2O2S3/c1-11-7-9-6-10(16-8-9)17(13,14)12-2-4-15-5-3-12/h6,8,11H,2-5,7H2,1H3. The summed E-state index contributed by atoms with van der Waals surface area (Å²) in [7, 11) is -1.39. The summed E-state index contributed by atoms with van der Waals surface area (Å²) in [6.07, 6.45) is 0. The first-order chi connectivity index (χ1) is 8.14. The molecule has 0 saturated carbocycles. The van der Waals surface area contributed by atoms with Crippen LogP contribution >= 0.6 is 23.1 Å². The van der Waals surface area contributed by atoms with E-state index in [1.54, 1.807) is 10.4 Å². The molecule has 1 aromatic heterocycles. The Kier molecular flexibility index (Phi) is 4.48. The van der Waals surface area contributed by atoms with Gasteiger partial charge < -0.3 is 5.32 Å². The minimum absolute atomic E-state index is 0.467. The zero-order valence-corrected chi connectivity index (χ0v) is 12.1. The highest BCUT2D eigenvalue weighted by molar-refractivity contribution is 7.99. The lowest BCUT2D eigenvalue weighted by atomic mass is 10.3. The molecule has 1 aliphatic rings. The van der Waals surface area contributed by atoms with Gasteiger partial charge in [-0.3, -0.25) is 0 Å². The van der Waals surface area contributed by atoms with Crippen molar-refractivity contribution in [3.05, 3.63) is 17.0 Å². The Hall–Kier alpha value is -0.0800. The molecule has 0 unspecified atom stereocenters. The molecule has 2 heterocycles. The van der Waals surface area contributed by atoms with Gasteiger partial charge in [0.1, 0.15) is 4.21 Å². The first kappa shape index (κ1) is 13.4. The van der Waals surface area contributed by atoms with Gasteiger partial charge in [-0.25, -0.2) is 8.42 Å². The molecule has 1 aromatic rings. The maximum absolute atomic E-state index is 12.3. The highest BCUT2D eigenvalue weighted by Crippen LogP contribution is 2.25. The third-order valence-corrected chi connectivity index (χ3v) is 6.88. The van der Waals surface area contributed by atoms with Crippen LogP contribution in [0.3, 0.4) is 0 Å². The number of sulfonamides is 1. The summed E-state index contributed by atoms with van der Waals surface area (Å²) in [5.41, 5.74) is 1.03. The van der Waals surface area contributed by atoms with Gasteiger partial charge in [-0.2, -0.15) is 16.1 Å². The molecule has 0 aliphatic carbocycles. The maximum Gasteiger partial charge on any atom is 0.252 e. The number of thioether (sulfide) groups is 1. The minimum atomic E-state index is -3.25. The monoisotopic (exact) mass is 292 g/mol. The highest BCUT2D eigenvalue weighted by Gasteiger charge is 2.27. The second-order valence-corrected chi connectivity index (χ2v) is 8.12. The second-order valence-electron chi connectivity index (χ2n) is 3.82. The van der Waals surface area contributed by atoms with Gasteiger partial charge in [0.2, 0.25) is 0 Å². The van der Waals surface area contributed by atoms with Crippen molar-refractivity contribution in [2.45, 2.75) is 10.8 Å². The first-order valence-corrected chi connectivity index (χ1v) is 8.92. The molecule has 96 valence electrons. The van der Waals surface area contributed by atoms with Gasteiger partial charge in [0.05, 0.1) is 0 Å². The third-order valence-electron chi connectivity index (χ3n) is 2.57. The van der Waals surface area contributed by atoms with Crippen LogP contribution < -0.4 is 5.32 Å². The molecule has 0 radical (unpaired) electrons. The van der Waals surface area contributed by atoms with E-state index in [4.69, 9.17) is 0 Å². The molecule has 2 rings (SSSR count). The molecule has 0 amide bonds. The van der Waals surface area contributed by atoms with Crippen molar-refractivity contribution < 1.29 is 8.42 Å². The normalized spacial score (nSPS) is 18.4. The summed E-state index contributed by atoms with van der Waals surface area (Å²) >= 11 is 3.12. The molecule has 1 fully saturated rings. The van der Waals surface area contributed by atoms with Crippen LogP contribution in [-0.2, 0) is 16.6 Å². The Labute approximate surface area is 110 Å². The number of rotatable bonds is 4. The van der Waals surface area contributed by atoms with E-state index in [9.17, 15) is 8.42 Å². The molecule has 7 heteroatoms. The van der Waals surface area contributed by atoms with Gasteiger partial charge in [-0.1, -0.05) is 0 Å². The van der Waals surface area contributed by atoms with Crippen LogP contribution in [0.15, 0.2) is 15.7 Å². The molecule has 17 heavy (non-hydrogen) atoms. The quantitative estimate of drug-likeness (QED) is 0.906. The van der Waals surface area contributed by atoms with Gasteiger partial charge in [0.25, 0.3) is 10.0 Å². The Balaban J connectivity index is 2.18. The number of nitrogens with one attached hydrogen (secondary N) is 1. The molecule has 0 atom stereocenters. The average Bonchev–Trinajstić information content (AvgIpc) is 2.80. The molecule has 1 N–H and O–H groups in total. The fourth-order valence-corrected chi connectivity index (χ4v) is 5.64. The Morgan fingerprint density at radius 2 is 2.12 bits per heavy atom. The van der Waals surface area contributed by atoms with Crippen LogP contribution in [-0.4, -0.2) is 44.4 Å². The summed E-state index contributed by atoms with van der Waals surface area (Å²) in [5, 5.41) is 4.93. The van der Waals surface area contributed by atoms with E-state index in [2.05, 4.69) is 5.32 Å². The number of hydrogen-bond donors (Lipinski definition) is 1. The zero-order chi connectivity index (χ0) is 12.3. The van der Waals surface area contributed by atoms with Gasteiger partial charge in [0.15, 0.2) is 0 Å². The Bertz CT molecular complexity index is 464. The van der Waals surface area contributed by atoms with E-state index in [0.717, 1.165) is 17.1 Å². The number of hydrogen-bond acceptors (Lipinski definition) is 5. The molecule has 0 spiro atoms. The highest BCUT2D eigenvalue weighted by atomic mass is 32.2. The Morgan fingerprint density at radius 3 is 2.76 bits per heavy atom. The van der Waals surface area contributed by atoms with Gasteiger partial charge in [-0.05, 0) is 24.1 Å². The molecule has 1 saturated heterocycles. The van der Waals surface area contributed by atoms with E-state index >= 15 is 0 Å². The van der Waals surface area contributed by atoms with Gasteiger partial charge >= 0.3 is 0 Å². The van der Waals surface area contributed by atoms with E-state index in [-0.39, 0.29) is 0 Å². The molecule has 0 aromatic carbocycles. The predicted octanol–water partition coefficient (Wildman–Crippen LogP) is 1.21. The van der Waals surface area contributed by atoms with Crippen LogP contribution in [0.1, 0.15) is 5.56 Å². The van der Waals surface area contributed by atoms with Crippen molar-refractivity contribution >= 4 is 33.1 Å². The number of thiophene rings is 1. The van der Waals surface area contributed by atoms with Gasteiger partial charge in [0, 0.05) is 31.1 Å². The SMILES string of the molecule is CNCc1csc(S(=O)(=O)N2CCSCC2)c1. The van der Waals surface area contributed by atoms with Crippen molar-refractivity contribution in [1.82, 2.24) is 9.62 Å². The molecule has 0 bridgehead atoms. The van der Waals surface area contributed by atoms with E-state index in [0.29, 0.717) is 23.8 Å². The van der Waals surface area contributed by atoms with Crippen LogP contribution in [0.4, 0.5) is 0 Å². The van der Waals surface area contributed by atoms with Crippen LogP contribution in [0.5, 0.6) is 0 Å². The fourth-order valence-electron chi connectivity index (χ4n) is 1.70. The molecular formula is C10H16N2O2S3. The lowest BCUT2D eigenvalue weighted by molar-refractivity contribution is 0.445. The van der Waals surface area contributed by atoms with E-state index in [1.807, 2.05) is 24.2 Å². The summed E-state index contributed by atoms with van der Waals surface area (Å²) in [6, 6.07) is 1.78. The summed E-state index contributed by atoms with van der Waals surface area (Å²) in [4.78, 5) is 0. The summed E-state index contributed by atoms with van der Waals surface area (Å²) in [5.74, 6) is 1.79. The van der Waals surface area contributed by atoms with Crippen molar-refractivity contribution in [1.29, 1.82) is 0 Å². The summed E-state index contributed by atoms with van der Waals surface area (Å²) < 4.78 is 26.7. The summed E-state index contributed by atoms with van der Waals surface area (Å²) in [6.45, 7) is 1.97. The molecular weight excluding hydrogens is 276 g/mol. The number of nitrogens with zero attached hydrogens (tertiary/aromatic N) is 1. The molecule has 4 nitrogen and oxygen atoms in total. The molecule has 1 aliphatic heterocycles. The van der Waals surface area contributed by atoms with Crippen LogP contribution in [0, 0.1) is 0 Å². The minimum Gasteiger partial charge on any atom is -0.316 e. The fraction of sp³-hybridized carbons (Fsp3) is 0.600. The maximum atomic E-state index is 12.3. The largest absolute Gasteiger partial charge is 0.316 e. The lowest BCUT2D eigenvalue weighted by Gasteiger charge is -2.24. The Morgan fingerprint density at radius 1 is 1.41 bits per heavy atom. The van der Waals surface area contributed by atoms with Crippen LogP contribution in [0.25, 0.3) is 0 Å². The van der Waals surface area contributed by atoms with Crippen molar-refractivity contribution in [2.75, 3.05) is 31.6 Å². The van der Waals surface area contributed by atoms with Crippen LogP contribution in [0.2, 0.25) is 0 Å². The van der Waals surface area contributed by atoms with Crippen molar-refractivity contribution in [2.24, 2.45) is 0 Å². The first-order valence-electron chi connectivity index (χ1n) is 5.44. The second kappa shape index (κ2) is 5.71. The smallest absolute Gasteiger partial charge is 0.252 e. The lowest BCUT2D eigenvalue weighted by Crippen LogP contribution is -2.37. The van der Waals surface area contributed by atoms with E-state index in [1.165, 1.54) is 11.3 Å². The van der Waals surface area contributed by atoms with Gasteiger partial charge in [-0.15, -0.1) is 11.3 Å². The van der Waals surface area contributed by atoms with Crippen molar-refractivity contribution in [3.8, 4) is 0 Å². The van der Waals surface area contributed by atoms with Crippen molar-refractivity contribution in [3.63, 3.8) is 0 Å². The topological polar surface area (TPSA) is 49.4 Å². The predicted molar refractivity (Wildman–Crippen MR) is 73.2 cm³/mol.